The third-order valence-corrected chi connectivity index (χ3v) is 4.33. The van der Waals surface area contributed by atoms with Crippen molar-refractivity contribution < 1.29 is 9.53 Å². The fourth-order valence-corrected chi connectivity index (χ4v) is 3.08. The van der Waals surface area contributed by atoms with E-state index in [-0.39, 0.29) is 5.91 Å². The number of hydrogen-bond donors (Lipinski definition) is 1. The Balaban J connectivity index is 1.47. The van der Waals surface area contributed by atoms with Crippen LogP contribution in [0.25, 0.3) is 0 Å². The SMILES string of the molecule is O=C(c1ccncc1)N1CCC(OC2CCNCC2)CC1. The molecule has 0 aliphatic carbocycles. The van der Waals surface area contributed by atoms with E-state index in [1.807, 2.05) is 4.90 Å². The summed E-state index contributed by atoms with van der Waals surface area (Å²) in [6, 6.07) is 3.56. The van der Waals surface area contributed by atoms with E-state index < -0.39 is 0 Å². The van der Waals surface area contributed by atoms with Crippen molar-refractivity contribution in [3.05, 3.63) is 30.1 Å². The van der Waals surface area contributed by atoms with Crippen LogP contribution >= 0.6 is 0 Å². The smallest absolute Gasteiger partial charge is 0.253 e. The van der Waals surface area contributed by atoms with Gasteiger partial charge < -0.3 is 15.0 Å². The Morgan fingerprint density at radius 3 is 2.38 bits per heavy atom. The van der Waals surface area contributed by atoms with Crippen molar-refractivity contribution in [2.75, 3.05) is 26.2 Å². The lowest BCUT2D eigenvalue weighted by Crippen LogP contribution is -2.43. The van der Waals surface area contributed by atoms with Gasteiger partial charge in [-0.2, -0.15) is 0 Å². The van der Waals surface area contributed by atoms with Crippen molar-refractivity contribution in [2.24, 2.45) is 0 Å². The maximum atomic E-state index is 12.3. The van der Waals surface area contributed by atoms with Crippen molar-refractivity contribution in [1.82, 2.24) is 15.2 Å². The summed E-state index contributed by atoms with van der Waals surface area (Å²) in [4.78, 5) is 18.2. The molecule has 2 fully saturated rings. The van der Waals surface area contributed by atoms with Gasteiger partial charge in [-0.15, -0.1) is 0 Å². The number of nitrogens with one attached hydrogen (secondary N) is 1. The molecule has 0 saturated carbocycles. The van der Waals surface area contributed by atoms with Gasteiger partial charge in [-0.05, 0) is 50.9 Å². The van der Waals surface area contributed by atoms with Crippen molar-refractivity contribution >= 4 is 5.91 Å². The molecule has 21 heavy (non-hydrogen) atoms. The summed E-state index contributed by atoms with van der Waals surface area (Å²) in [6.45, 7) is 3.70. The molecule has 0 spiro atoms. The van der Waals surface area contributed by atoms with E-state index in [0.29, 0.717) is 12.2 Å². The van der Waals surface area contributed by atoms with Gasteiger partial charge >= 0.3 is 0 Å². The molecule has 1 N–H and O–H groups in total. The number of nitrogens with zero attached hydrogens (tertiary/aromatic N) is 2. The molecule has 1 amide bonds. The summed E-state index contributed by atoms with van der Waals surface area (Å²) in [7, 11) is 0. The minimum absolute atomic E-state index is 0.109. The molecule has 0 unspecified atom stereocenters. The second-order valence-corrected chi connectivity index (χ2v) is 5.81. The Morgan fingerprint density at radius 2 is 1.71 bits per heavy atom. The van der Waals surface area contributed by atoms with Gasteiger partial charge in [0.1, 0.15) is 0 Å². The summed E-state index contributed by atoms with van der Waals surface area (Å²) in [5, 5.41) is 3.35. The van der Waals surface area contributed by atoms with Crippen LogP contribution in [0.15, 0.2) is 24.5 Å². The lowest BCUT2D eigenvalue weighted by Gasteiger charge is -2.35. The zero-order valence-corrected chi connectivity index (χ0v) is 12.3. The number of carbonyl (C=O) groups is 1. The first-order valence-electron chi connectivity index (χ1n) is 7.88. The molecule has 3 rings (SSSR count). The number of amides is 1. The Hall–Kier alpha value is -1.46. The number of ether oxygens (including phenoxy) is 1. The molecule has 2 saturated heterocycles. The molecule has 0 atom stereocenters. The molecule has 5 nitrogen and oxygen atoms in total. The van der Waals surface area contributed by atoms with Crippen molar-refractivity contribution in [2.45, 2.75) is 37.9 Å². The lowest BCUT2D eigenvalue weighted by atomic mass is 10.0. The van der Waals surface area contributed by atoms with Gasteiger partial charge in [-0.3, -0.25) is 9.78 Å². The lowest BCUT2D eigenvalue weighted by molar-refractivity contribution is -0.0499. The van der Waals surface area contributed by atoms with Crippen LogP contribution in [-0.2, 0) is 4.74 Å². The fraction of sp³-hybridized carbons (Fsp3) is 0.625. The van der Waals surface area contributed by atoms with Crippen LogP contribution in [0.3, 0.4) is 0 Å². The van der Waals surface area contributed by atoms with E-state index in [1.54, 1.807) is 24.5 Å². The van der Waals surface area contributed by atoms with Crippen LogP contribution < -0.4 is 5.32 Å². The van der Waals surface area contributed by atoms with Crippen LogP contribution in [0, 0.1) is 0 Å². The average molecular weight is 289 g/mol. The topological polar surface area (TPSA) is 54.5 Å². The quantitative estimate of drug-likeness (QED) is 0.915. The maximum Gasteiger partial charge on any atom is 0.253 e. The van der Waals surface area contributed by atoms with E-state index in [2.05, 4.69) is 10.3 Å². The highest BCUT2D eigenvalue weighted by Crippen LogP contribution is 2.20. The Bertz CT molecular complexity index is 452. The van der Waals surface area contributed by atoms with Gasteiger partial charge in [0.15, 0.2) is 0 Å². The van der Waals surface area contributed by atoms with E-state index in [9.17, 15) is 4.79 Å². The molecule has 0 aromatic carbocycles. The average Bonchev–Trinajstić information content (AvgIpc) is 2.57. The molecule has 5 heteroatoms. The van der Waals surface area contributed by atoms with Crippen LogP contribution in [0.4, 0.5) is 0 Å². The number of pyridine rings is 1. The normalized spacial score (nSPS) is 21.4. The van der Waals surface area contributed by atoms with Gasteiger partial charge in [-0.25, -0.2) is 0 Å². The number of likely N-dealkylation sites (tertiary alicyclic amines) is 1. The Labute approximate surface area is 125 Å². The molecule has 1 aromatic heterocycles. The fourth-order valence-electron chi connectivity index (χ4n) is 3.08. The molecule has 0 bridgehead atoms. The predicted octanol–water partition coefficient (Wildman–Crippen LogP) is 1.45. The van der Waals surface area contributed by atoms with Crippen LogP contribution in [-0.4, -0.2) is 54.2 Å². The van der Waals surface area contributed by atoms with Gasteiger partial charge in [-0.1, -0.05) is 0 Å². The number of aromatic nitrogens is 1. The summed E-state index contributed by atoms with van der Waals surface area (Å²) >= 11 is 0. The third-order valence-electron chi connectivity index (χ3n) is 4.33. The summed E-state index contributed by atoms with van der Waals surface area (Å²) in [6.07, 6.45) is 8.15. The number of rotatable bonds is 3. The third kappa shape index (κ3) is 3.80. The van der Waals surface area contributed by atoms with Crippen molar-refractivity contribution in [1.29, 1.82) is 0 Å². The Morgan fingerprint density at radius 1 is 1.10 bits per heavy atom. The molecule has 114 valence electrons. The first kappa shape index (κ1) is 14.5. The van der Waals surface area contributed by atoms with Gasteiger partial charge in [0.05, 0.1) is 12.2 Å². The highest BCUT2D eigenvalue weighted by atomic mass is 16.5. The largest absolute Gasteiger partial charge is 0.375 e. The standard InChI is InChI=1S/C16H23N3O2/c20-16(13-1-7-17-8-2-13)19-11-5-15(6-12-19)21-14-3-9-18-10-4-14/h1-2,7-8,14-15,18H,3-6,9-12H2. The number of piperidine rings is 2. The second kappa shape index (κ2) is 7.00. The molecule has 2 aliphatic rings. The maximum absolute atomic E-state index is 12.3. The number of hydrogen-bond acceptors (Lipinski definition) is 4. The first-order valence-corrected chi connectivity index (χ1v) is 7.88. The van der Waals surface area contributed by atoms with E-state index >= 15 is 0 Å². The number of carbonyl (C=O) groups excluding carboxylic acids is 1. The Kier molecular flexibility index (Phi) is 4.83. The van der Waals surface area contributed by atoms with Crippen LogP contribution in [0.1, 0.15) is 36.0 Å². The zero-order chi connectivity index (χ0) is 14.5. The molecule has 0 radical (unpaired) electrons. The van der Waals surface area contributed by atoms with Gasteiger partial charge in [0.2, 0.25) is 0 Å². The van der Waals surface area contributed by atoms with Crippen LogP contribution in [0.2, 0.25) is 0 Å². The highest BCUT2D eigenvalue weighted by Gasteiger charge is 2.26. The molecular weight excluding hydrogens is 266 g/mol. The van der Waals surface area contributed by atoms with E-state index in [4.69, 9.17) is 4.74 Å². The minimum atomic E-state index is 0.109. The first-order chi connectivity index (χ1) is 10.3. The monoisotopic (exact) mass is 289 g/mol. The van der Waals surface area contributed by atoms with Gasteiger partial charge in [0.25, 0.3) is 5.91 Å². The second-order valence-electron chi connectivity index (χ2n) is 5.81. The summed E-state index contributed by atoms with van der Waals surface area (Å²) in [5.41, 5.74) is 0.725. The minimum Gasteiger partial charge on any atom is -0.375 e. The van der Waals surface area contributed by atoms with Crippen molar-refractivity contribution in [3.8, 4) is 0 Å². The van der Waals surface area contributed by atoms with Crippen LogP contribution in [0.5, 0.6) is 0 Å². The zero-order valence-electron chi connectivity index (χ0n) is 12.3. The van der Waals surface area contributed by atoms with E-state index in [1.165, 1.54) is 0 Å². The molecule has 1 aromatic rings. The molecule has 2 aliphatic heterocycles. The van der Waals surface area contributed by atoms with Gasteiger partial charge in [0, 0.05) is 31.0 Å². The highest BCUT2D eigenvalue weighted by molar-refractivity contribution is 5.94. The predicted molar refractivity (Wildman–Crippen MR) is 80.1 cm³/mol. The van der Waals surface area contributed by atoms with Crippen molar-refractivity contribution in [3.63, 3.8) is 0 Å². The van der Waals surface area contributed by atoms with E-state index in [0.717, 1.165) is 57.4 Å². The summed E-state index contributed by atoms with van der Waals surface area (Å²) < 4.78 is 6.18. The molecular formula is C16H23N3O2. The summed E-state index contributed by atoms with van der Waals surface area (Å²) in [5.74, 6) is 0.109. The molecule has 3 heterocycles.